The van der Waals surface area contributed by atoms with Crippen molar-refractivity contribution in [3.05, 3.63) is 0 Å². The van der Waals surface area contributed by atoms with Crippen LogP contribution in [0, 0.1) is 5.92 Å². The Hall–Kier alpha value is -0.650. The fourth-order valence-corrected chi connectivity index (χ4v) is 3.97. The van der Waals surface area contributed by atoms with E-state index in [1.54, 1.807) is 0 Å². The van der Waals surface area contributed by atoms with Crippen LogP contribution in [-0.2, 0) is 4.79 Å². The number of likely N-dealkylation sites (N-methyl/N-ethyl adjacent to an activating group) is 1. The van der Waals surface area contributed by atoms with Gasteiger partial charge < -0.3 is 16.0 Å². The van der Waals surface area contributed by atoms with Crippen molar-refractivity contribution in [1.29, 1.82) is 0 Å². The fourth-order valence-electron chi connectivity index (χ4n) is 3.97. The summed E-state index contributed by atoms with van der Waals surface area (Å²) in [4.78, 5) is 17.0. The summed E-state index contributed by atoms with van der Waals surface area (Å²) in [6, 6.07) is 0.512. The molecule has 2 aliphatic rings. The standard InChI is InChI=1S/C16H32N4O/c1-4-18-16(15(17)21)6-5-14(11-16)20-9-7-19(8-10-20)12-13(2)3/h13-14,18H,4-12H2,1-3H3,(H2,17,21). The zero-order valence-electron chi connectivity index (χ0n) is 13.9. The zero-order valence-corrected chi connectivity index (χ0v) is 13.9. The first kappa shape index (κ1) is 16.7. The summed E-state index contributed by atoms with van der Waals surface area (Å²) < 4.78 is 0. The SMILES string of the molecule is CCNC1(C(N)=O)CCC(N2CCN(CC(C)C)CC2)C1. The molecule has 1 saturated heterocycles. The average molecular weight is 296 g/mol. The molecule has 0 aromatic carbocycles. The molecule has 0 aromatic rings. The third kappa shape index (κ3) is 3.96. The molecule has 0 radical (unpaired) electrons. The van der Waals surface area contributed by atoms with Crippen molar-refractivity contribution in [2.75, 3.05) is 39.3 Å². The Morgan fingerprint density at radius 1 is 1.33 bits per heavy atom. The number of carbonyl (C=O) groups excluding carboxylic acids is 1. The first-order valence-electron chi connectivity index (χ1n) is 8.48. The fraction of sp³-hybridized carbons (Fsp3) is 0.938. The quantitative estimate of drug-likeness (QED) is 0.755. The van der Waals surface area contributed by atoms with Crippen LogP contribution in [0.4, 0.5) is 0 Å². The predicted octanol–water partition coefficient (Wildman–Crippen LogP) is 0.646. The molecule has 1 aliphatic heterocycles. The lowest BCUT2D eigenvalue weighted by Crippen LogP contribution is -2.55. The lowest BCUT2D eigenvalue weighted by atomic mass is 9.96. The maximum atomic E-state index is 11.8. The third-order valence-electron chi connectivity index (χ3n) is 5.02. The predicted molar refractivity (Wildman–Crippen MR) is 86.1 cm³/mol. The Kier molecular flexibility index (Phi) is 5.63. The van der Waals surface area contributed by atoms with Crippen LogP contribution < -0.4 is 11.1 Å². The van der Waals surface area contributed by atoms with E-state index >= 15 is 0 Å². The van der Waals surface area contributed by atoms with E-state index in [1.807, 2.05) is 6.92 Å². The Labute approximate surface area is 129 Å². The maximum Gasteiger partial charge on any atom is 0.237 e. The molecular formula is C16H32N4O. The monoisotopic (exact) mass is 296 g/mol. The minimum atomic E-state index is -0.464. The van der Waals surface area contributed by atoms with E-state index in [9.17, 15) is 4.79 Å². The summed E-state index contributed by atoms with van der Waals surface area (Å²) in [5.41, 5.74) is 5.20. The second-order valence-corrected chi connectivity index (χ2v) is 7.10. The van der Waals surface area contributed by atoms with Crippen LogP contribution in [0.25, 0.3) is 0 Å². The Balaban J connectivity index is 1.86. The second-order valence-electron chi connectivity index (χ2n) is 7.10. The van der Waals surface area contributed by atoms with E-state index in [4.69, 9.17) is 5.73 Å². The highest BCUT2D eigenvalue weighted by Crippen LogP contribution is 2.33. The van der Waals surface area contributed by atoms with Gasteiger partial charge in [-0.15, -0.1) is 0 Å². The van der Waals surface area contributed by atoms with Crippen LogP contribution in [0.1, 0.15) is 40.0 Å². The lowest BCUT2D eigenvalue weighted by molar-refractivity contribution is -0.124. The van der Waals surface area contributed by atoms with Gasteiger partial charge in [0.2, 0.25) is 5.91 Å². The highest BCUT2D eigenvalue weighted by atomic mass is 16.1. The number of hydrogen-bond acceptors (Lipinski definition) is 4. The Morgan fingerprint density at radius 3 is 2.52 bits per heavy atom. The zero-order chi connectivity index (χ0) is 15.5. The van der Waals surface area contributed by atoms with Crippen LogP contribution in [0.2, 0.25) is 0 Å². The number of nitrogens with zero attached hydrogens (tertiary/aromatic N) is 2. The van der Waals surface area contributed by atoms with Gasteiger partial charge in [-0.1, -0.05) is 20.8 Å². The molecule has 1 amide bonds. The molecule has 2 fully saturated rings. The molecule has 0 spiro atoms. The van der Waals surface area contributed by atoms with Crippen LogP contribution in [0.3, 0.4) is 0 Å². The number of carbonyl (C=O) groups is 1. The molecule has 1 saturated carbocycles. The summed E-state index contributed by atoms with van der Waals surface area (Å²) in [5.74, 6) is 0.560. The molecule has 122 valence electrons. The van der Waals surface area contributed by atoms with Gasteiger partial charge in [0.1, 0.15) is 0 Å². The highest BCUT2D eigenvalue weighted by molar-refractivity contribution is 5.85. The molecule has 5 heteroatoms. The Bertz CT molecular complexity index is 352. The van der Waals surface area contributed by atoms with Crippen molar-refractivity contribution in [3.63, 3.8) is 0 Å². The summed E-state index contributed by atoms with van der Waals surface area (Å²) in [5, 5.41) is 3.35. The Morgan fingerprint density at radius 2 is 2.00 bits per heavy atom. The third-order valence-corrected chi connectivity index (χ3v) is 5.02. The average Bonchev–Trinajstić information content (AvgIpc) is 2.85. The van der Waals surface area contributed by atoms with Gasteiger partial charge in [-0.05, 0) is 31.7 Å². The van der Waals surface area contributed by atoms with Crippen LogP contribution >= 0.6 is 0 Å². The molecule has 2 rings (SSSR count). The maximum absolute atomic E-state index is 11.8. The van der Waals surface area contributed by atoms with Gasteiger partial charge in [0.25, 0.3) is 0 Å². The molecule has 3 N–H and O–H groups in total. The van der Waals surface area contributed by atoms with Gasteiger partial charge in [0.05, 0.1) is 5.54 Å². The number of rotatable bonds is 6. The number of nitrogens with one attached hydrogen (secondary N) is 1. The van der Waals surface area contributed by atoms with Crippen molar-refractivity contribution in [3.8, 4) is 0 Å². The van der Waals surface area contributed by atoms with E-state index in [-0.39, 0.29) is 5.91 Å². The van der Waals surface area contributed by atoms with Crippen molar-refractivity contribution in [2.45, 2.75) is 51.6 Å². The normalized spacial score (nSPS) is 31.9. The van der Waals surface area contributed by atoms with Crippen LogP contribution in [0.15, 0.2) is 0 Å². The first-order valence-corrected chi connectivity index (χ1v) is 8.48. The summed E-state index contributed by atoms with van der Waals surface area (Å²) in [6.45, 7) is 13.2. The minimum Gasteiger partial charge on any atom is -0.368 e. The van der Waals surface area contributed by atoms with Gasteiger partial charge in [-0.25, -0.2) is 0 Å². The molecule has 5 nitrogen and oxygen atoms in total. The number of nitrogens with two attached hydrogens (primary N) is 1. The van der Waals surface area contributed by atoms with Gasteiger partial charge in [-0.3, -0.25) is 9.69 Å². The number of amides is 1. The summed E-state index contributed by atoms with van der Waals surface area (Å²) in [6.07, 6.45) is 2.84. The number of primary amides is 1. The van der Waals surface area contributed by atoms with E-state index in [2.05, 4.69) is 29.0 Å². The molecule has 1 aliphatic carbocycles. The van der Waals surface area contributed by atoms with Crippen LogP contribution in [0.5, 0.6) is 0 Å². The molecule has 2 unspecified atom stereocenters. The van der Waals surface area contributed by atoms with Crippen molar-refractivity contribution in [1.82, 2.24) is 15.1 Å². The van der Waals surface area contributed by atoms with E-state index in [0.29, 0.717) is 6.04 Å². The minimum absolute atomic E-state index is 0.176. The highest BCUT2D eigenvalue weighted by Gasteiger charge is 2.45. The first-order chi connectivity index (χ1) is 9.97. The van der Waals surface area contributed by atoms with Gasteiger partial charge in [0, 0.05) is 38.8 Å². The molecule has 21 heavy (non-hydrogen) atoms. The van der Waals surface area contributed by atoms with E-state index < -0.39 is 5.54 Å². The van der Waals surface area contributed by atoms with Crippen LogP contribution in [-0.4, -0.2) is 66.6 Å². The topological polar surface area (TPSA) is 61.6 Å². The molecule has 0 aromatic heterocycles. The summed E-state index contributed by atoms with van der Waals surface area (Å²) >= 11 is 0. The molecule has 0 bridgehead atoms. The number of hydrogen-bond donors (Lipinski definition) is 2. The largest absolute Gasteiger partial charge is 0.368 e. The van der Waals surface area contributed by atoms with Crippen molar-refractivity contribution >= 4 is 5.91 Å². The van der Waals surface area contributed by atoms with Gasteiger partial charge >= 0.3 is 0 Å². The number of piperazine rings is 1. The van der Waals surface area contributed by atoms with Gasteiger partial charge in [-0.2, -0.15) is 0 Å². The smallest absolute Gasteiger partial charge is 0.237 e. The molecular weight excluding hydrogens is 264 g/mol. The van der Waals surface area contributed by atoms with E-state index in [1.165, 1.54) is 6.54 Å². The van der Waals surface area contributed by atoms with E-state index in [0.717, 1.165) is 57.9 Å². The second kappa shape index (κ2) is 7.07. The lowest BCUT2D eigenvalue weighted by Gasteiger charge is -2.39. The van der Waals surface area contributed by atoms with Crippen molar-refractivity contribution in [2.24, 2.45) is 11.7 Å². The summed E-state index contributed by atoms with van der Waals surface area (Å²) in [7, 11) is 0. The van der Waals surface area contributed by atoms with Crippen molar-refractivity contribution < 1.29 is 4.79 Å². The van der Waals surface area contributed by atoms with Gasteiger partial charge in [0.15, 0.2) is 0 Å². The molecule has 1 heterocycles. The molecule has 2 atom stereocenters.